The van der Waals surface area contributed by atoms with Crippen molar-refractivity contribution in [1.29, 1.82) is 5.26 Å². The normalized spacial score (nSPS) is 18.8. The molecule has 1 heterocycles. The Morgan fingerprint density at radius 1 is 1.65 bits per heavy atom. The van der Waals surface area contributed by atoms with E-state index >= 15 is 0 Å². The van der Waals surface area contributed by atoms with Crippen LogP contribution in [0.15, 0.2) is 18.2 Å². The Bertz CT molecular complexity index is 498. The lowest BCUT2D eigenvalue weighted by Gasteiger charge is -2.11. The van der Waals surface area contributed by atoms with Crippen LogP contribution in [0, 0.1) is 11.5 Å². The van der Waals surface area contributed by atoms with Gasteiger partial charge in [0.05, 0.1) is 24.7 Å². The van der Waals surface area contributed by atoms with E-state index in [4.69, 9.17) is 21.6 Å². The van der Waals surface area contributed by atoms with E-state index in [0.29, 0.717) is 17.3 Å². The van der Waals surface area contributed by atoms with E-state index in [1.165, 1.54) is 7.11 Å². The lowest BCUT2D eigenvalue weighted by molar-refractivity contribution is 0.232. The summed E-state index contributed by atoms with van der Waals surface area (Å²) in [4.78, 5) is 12.4. The number of hydrogen-bond donors (Lipinski definition) is 1. The molecule has 0 aromatic heterocycles. The maximum Gasteiger partial charge on any atom is 0.331 e. The van der Waals surface area contributed by atoms with Gasteiger partial charge in [0.15, 0.2) is 6.19 Å². The fourth-order valence-electron chi connectivity index (χ4n) is 1.71. The molecule has 0 bridgehead atoms. The van der Waals surface area contributed by atoms with Crippen LogP contribution in [-0.2, 0) is 0 Å². The van der Waals surface area contributed by atoms with Gasteiger partial charge in [-0.25, -0.2) is 9.69 Å². The van der Waals surface area contributed by atoms with Crippen molar-refractivity contribution >= 4 is 17.6 Å². The van der Waals surface area contributed by atoms with Gasteiger partial charge in [-0.1, -0.05) is 17.7 Å². The van der Waals surface area contributed by atoms with Crippen LogP contribution < -0.4 is 10.1 Å². The number of halogens is 1. The molecule has 0 spiro atoms. The zero-order valence-electron chi connectivity index (χ0n) is 9.11. The van der Waals surface area contributed by atoms with E-state index in [1.54, 1.807) is 12.1 Å². The van der Waals surface area contributed by atoms with E-state index < -0.39 is 0 Å². The lowest BCUT2D eigenvalue weighted by atomic mass is 10.1. The van der Waals surface area contributed by atoms with Gasteiger partial charge in [0.25, 0.3) is 0 Å². The highest BCUT2D eigenvalue weighted by Crippen LogP contribution is 2.29. The van der Waals surface area contributed by atoms with E-state index in [1.807, 2.05) is 12.3 Å². The molecule has 1 fully saturated rings. The molecule has 88 valence electrons. The third-order valence-corrected chi connectivity index (χ3v) is 2.90. The van der Waals surface area contributed by atoms with Gasteiger partial charge in [-0.05, 0) is 17.7 Å². The number of nitriles is 1. The van der Waals surface area contributed by atoms with Crippen LogP contribution >= 0.6 is 11.6 Å². The molecule has 2 amide bonds. The van der Waals surface area contributed by atoms with Crippen LogP contribution in [-0.4, -0.2) is 24.6 Å². The Morgan fingerprint density at radius 3 is 2.94 bits per heavy atom. The molecule has 6 heteroatoms. The van der Waals surface area contributed by atoms with Crippen molar-refractivity contribution in [2.45, 2.75) is 6.04 Å². The molecule has 0 saturated carbocycles. The summed E-state index contributed by atoms with van der Waals surface area (Å²) in [5.41, 5.74) is 0.849. The summed E-state index contributed by atoms with van der Waals surface area (Å²) in [6.45, 7) is 0.317. The van der Waals surface area contributed by atoms with E-state index in [-0.39, 0.29) is 12.1 Å². The number of nitrogens with zero attached hydrogens (tertiary/aromatic N) is 2. The first-order chi connectivity index (χ1) is 8.15. The van der Waals surface area contributed by atoms with Crippen molar-refractivity contribution < 1.29 is 9.53 Å². The van der Waals surface area contributed by atoms with Crippen molar-refractivity contribution in [2.75, 3.05) is 13.7 Å². The molecule has 1 aliphatic heterocycles. The molecule has 1 unspecified atom stereocenters. The van der Waals surface area contributed by atoms with Crippen LogP contribution in [0.5, 0.6) is 5.75 Å². The third-order valence-electron chi connectivity index (χ3n) is 2.61. The van der Waals surface area contributed by atoms with Crippen LogP contribution in [0.3, 0.4) is 0 Å². The monoisotopic (exact) mass is 251 g/mol. The van der Waals surface area contributed by atoms with E-state index in [2.05, 4.69) is 5.32 Å². The van der Waals surface area contributed by atoms with Gasteiger partial charge in [-0.3, -0.25) is 0 Å². The predicted octanol–water partition coefficient (Wildman–Crippen LogP) is 1.90. The van der Waals surface area contributed by atoms with Crippen molar-refractivity contribution in [3.05, 3.63) is 28.8 Å². The van der Waals surface area contributed by atoms with Gasteiger partial charge in [0.2, 0.25) is 0 Å². The number of ether oxygens (including phenoxy) is 1. The summed E-state index contributed by atoms with van der Waals surface area (Å²) < 4.78 is 5.04. The summed E-state index contributed by atoms with van der Waals surface area (Å²) in [5, 5.41) is 11.9. The minimum absolute atomic E-state index is 0.217. The second-order valence-corrected chi connectivity index (χ2v) is 4.01. The molecule has 1 atom stereocenters. The topological polar surface area (TPSA) is 65.4 Å². The van der Waals surface area contributed by atoms with Gasteiger partial charge >= 0.3 is 6.03 Å². The Kier molecular flexibility index (Phi) is 3.07. The lowest BCUT2D eigenvalue weighted by Crippen LogP contribution is -2.23. The zero-order chi connectivity index (χ0) is 12.4. The highest BCUT2D eigenvalue weighted by atomic mass is 35.5. The number of hydrogen-bond acceptors (Lipinski definition) is 3. The summed E-state index contributed by atoms with van der Waals surface area (Å²) in [7, 11) is 1.54. The van der Waals surface area contributed by atoms with Crippen LogP contribution in [0.25, 0.3) is 0 Å². The standard InChI is InChI=1S/C11H10ClN3O2/c1-17-10-3-2-7(4-8(10)12)9-5-15(6-13)11(16)14-9/h2-4,9H,5H2,1H3,(H,14,16). The highest BCUT2D eigenvalue weighted by Gasteiger charge is 2.29. The molecule has 1 aromatic carbocycles. The third kappa shape index (κ3) is 2.12. The molecule has 0 radical (unpaired) electrons. The maximum atomic E-state index is 11.3. The second-order valence-electron chi connectivity index (χ2n) is 3.61. The van der Waals surface area contributed by atoms with Crippen molar-refractivity contribution in [3.63, 3.8) is 0 Å². The van der Waals surface area contributed by atoms with E-state index in [9.17, 15) is 4.79 Å². The smallest absolute Gasteiger partial charge is 0.331 e. The van der Waals surface area contributed by atoms with Gasteiger partial charge in [-0.2, -0.15) is 5.26 Å². The Balaban J connectivity index is 2.23. The maximum absolute atomic E-state index is 11.3. The summed E-state index contributed by atoms with van der Waals surface area (Å²) in [6, 6.07) is 4.68. The molecular weight excluding hydrogens is 242 g/mol. The predicted molar refractivity (Wildman–Crippen MR) is 61.6 cm³/mol. The molecule has 17 heavy (non-hydrogen) atoms. The number of nitrogens with one attached hydrogen (secondary N) is 1. The molecule has 2 rings (SSSR count). The molecular formula is C11H10ClN3O2. The molecule has 1 N–H and O–H groups in total. The number of carbonyl (C=O) groups excluding carboxylic acids is 1. The van der Waals surface area contributed by atoms with Crippen molar-refractivity contribution in [2.24, 2.45) is 0 Å². The number of methoxy groups -OCH3 is 1. The first-order valence-electron chi connectivity index (χ1n) is 4.97. The first-order valence-corrected chi connectivity index (χ1v) is 5.34. The van der Waals surface area contributed by atoms with E-state index in [0.717, 1.165) is 10.5 Å². The molecule has 1 aliphatic rings. The quantitative estimate of drug-likeness (QED) is 0.817. The second kappa shape index (κ2) is 4.52. The Hall–Kier alpha value is -1.93. The SMILES string of the molecule is COc1ccc(C2CN(C#N)C(=O)N2)cc1Cl. The van der Waals surface area contributed by atoms with Crippen molar-refractivity contribution in [3.8, 4) is 11.9 Å². The number of benzene rings is 1. The minimum atomic E-state index is -0.385. The number of urea groups is 1. The average Bonchev–Trinajstić information content (AvgIpc) is 2.70. The number of rotatable bonds is 2. The van der Waals surface area contributed by atoms with Crippen LogP contribution in [0.1, 0.15) is 11.6 Å². The first kappa shape index (κ1) is 11.6. The number of amides is 2. The molecule has 5 nitrogen and oxygen atoms in total. The minimum Gasteiger partial charge on any atom is -0.495 e. The fraction of sp³-hybridized carbons (Fsp3) is 0.273. The molecule has 0 aliphatic carbocycles. The van der Waals surface area contributed by atoms with Gasteiger partial charge < -0.3 is 10.1 Å². The summed E-state index contributed by atoms with van der Waals surface area (Å²) in [5.74, 6) is 0.580. The Morgan fingerprint density at radius 2 is 2.41 bits per heavy atom. The fourth-order valence-corrected chi connectivity index (χ4v) is 1.98. The average molecular weight is 252 g/mol. The van der Waals surface area contributed by atoms with Gasteiger partial charge in [-0.15, -0.1) is 0 Å². The summed E-state index contributed by atoms with van der Waals surface area (Å²) >= 11 is 6.00. The van der Waals surface area contributed by atoms with Gasteiger partial charge in [0.1, 0.15) is 5.75 Å². The highest BCUT2D eigenvalue weighted by molar-refractivity contribution is 6.32. The van der Waals surface area contributed by atoms with Crippen LogP contribution in [0.4, 0.5) is 4.79 Å². The zero-order valence-corrected chi connectivity index (χ0v) is 9.86. The molecule has 1 saturated heterocycles. The molecule has 1 aromatic rings. The number of carbonyl (C=O) groups is 1. The Labute approximate surface area is 104 Å². The summed E-state index contributed by atoms with van der Waals surface area (Å²) in [6.07, 6.45) is 1.81. The van der Waals surface area contributed by atoms with Gasteiger partial charge in [0, 0.05) is 0 Å². The largest absolute Gasteiger partial charge is 0.495 e. The van der Waals surface area contributed by atoms with Crippen LogP contribution in [0.2, 0.25) is 5.02 Å². The van der Waals surface area contributed by atoms with Crippen molar-refractivity contribution in [1.82, 2.24) is 10.2 Å².